The van der Waals surface area contributed by atoms with E-state index in [2.05, 4.69) is 57.5 Å². The van der Waals surface area contributed by atoms with Gasteiger partial charge in [0.2, 0.25) is 0 Å². The number of nitrogens with zero attached hydrogens (tertiary/aromatic N) is 3. The van der Waals surface area contributed by atoms with Gasteiger partial charge in [-0.15, -0.1) is 0 Å². The highest BCUT2D eigenvalue weighted by Gasteiger charge is 2.43. The van der Waals surface area contributed by atoms with Gasteiger partial charge in [0.1, 0.15) is 5.82 Å². The maximum absolute atomic E-state index is 13.5. The van der Waals surface area contributed by atoms with E-state index in [1.54, 1.807) is 6.20 Å². The fraction of sp³-hybridized carbons (Fsp3) is 0.500. The number of likely N-dealkylation sites (N-methyl/N-ethyl adjacent to an activating group) is 1. The zero-order valence-corrected chi connectivity index (χ0v) is 17.6. The Morgan fingerprint density at radius 2 is 1.97 bits per heavy atom. The molecule has 3 heterocycles. The molecule has 0 spiro atoms. The second kappa shape index (κ2) is 8.95. The Balaban J connectivity index is 1.57. The molecule has 0 bridgehead atoms. The number of benzene rings is 1. The van der Waals surface area contributed by atoms with Gasteiger partial charge in [0, 0.05) is 43.5 Å². The van der Waals surface area contributed by atoms with Crippen LogP contribution in [0, 0.1) is 0 Å². The van der Waals surface area contributed by atoms with Gasteiger partial charge >= 0.3 is 0 Å². The lowest BCUT2D eigenvalue weighted by Gasteiger charge is -2.37. The van der Waals surface area contributed by atoms with Crippen molar-refractivity contribution in [1.29, 1.82) is 0 Å². The Labute approximate surface area is 174 Å². The van der Waals surface area contributed by atoms with Crippen molar-refractivity contribution in [2.24, 2.45) is 0 Å². The third-order valence-electron chi connectivity index (χ3n) is 6.69. The smallest absolute Gasteiger partial charge is 0.254 e. The zero-order chi connectivity index (χ0) is 20.2. The molecule has 1 aromatic heterocycles. The number of carbonyl (C=O) groups is 1. The van der Waals surface area contributed by atoms with Gasteiger partial charge in [0.15, 0.2) is 0 Å². The van der Waals surface area contributed by atoms with Crippen LogP contribution < -0.4 is 5.32 Å². The van der Waals surface area contributed by atoms with E-state index in [0.29, 0.717) is 12.1 Å². The average Bonchev–Trinajstić information content (AvgIpc) is 3.03. The molecule has 5 nitrogen and oxygen atoms in total. The lowest BCUT2D eigenvalue weighted by atomic mass is 9.95. The van der Waals surface area contributed by atoms with Crippen molar-refractivity contribution in [2.45, 2.75) is 56.7 Å². The van der Waals surface area contributed by atoms with Crippen LogP contribution in [0.15, 0.2) is 48.7 Å². The number of aromatic nitrogens is 1. The van der Waals surface area contributed by atoms with Gasteiger partial charge in [-0.25, -0.2) is 4.98 Å². The molecule has 154 valence electrons. The summed E-state index contributed by atoms with van der Waals surface area (Å²) in [4.78, 5) is 22.5. The third kappa shape index (κ3) is 4.30. The number of carbonyl (C=O) groups excluding carboxylic acids is 1. The van der Waals surface area contributed by atoms with Crippen molar-refractivity contribution in [3.05, 3.63) is 59.8 Å². The molecule has 1 aromatic carbocycles. The molecule has 2 saturated heterocycles. The predicted molar refractivity (Wildman–Crippen MR) is 117 cm³/mol. The molecule has 3 atom stereocenters. The van der Waals surface area contributed by atoms with Gasteiger partial charge in [-0.1, -0.05) is 43.2 Å². The number of anilines is 1. The van der Waals surface area contributed by atoms with Crippen LogP contribution in [0.1, 0.15) is 48.0 Å². The van der Waals surface area contributed by atoms with Crippen LogP contribution in [0.25, 0.3) is 0 Å². The maximum Gasteiger partial charge on any atom is 0.254 e. The van der Waals surface area contributed by atoms with E-state index in [-0.39, 0.29) is 11.9 Å². The zero-order valence-electron chi connectivity index (χ0n) is 17.6. The standard InChI is InChI=1S/C24H32N4O/c1-25-23-16-19(12-13-26-23)24(29)28-14-8-4-7-11-21-22(28)17-20(27(21)2)15-18-9-5-3-6-10-18/h3,5-6,9-10,12-13,16,20-22H,4,7-8,11,14-15,17H2,1-2H3,(H,25,26)/t20-,21-,22+/m1/s1. The number of hydrogen-bond donors (Lipinski definition) is 1. The molecular weight excluding hydrogens is 360 g/mol. The van der Waals surface area contributed by atoms with E-state index in [1.807, 2.05) is 19.2 Å². The molecule has 2 aliphatic heterocycles. The van der Waals surface area contributed by atoms with Crippen LogP contribution in [0.5, 0.6) is 0 Å². The van der Waals surface area contributed by atoms with Gasteiger partial charge in [0.25, 0.3) is 5.91 Å². The van der Waals surface area contributed by atoms with E-state index in [0.717, 1.165) is 37.2 Å². The summed E-state index contributed by atoms with van der Waals surface area (Å²) in [5.41, 5.74) is 2.11. The van der Waals surface area contributed by atoms with Crippen LogP contribution >= 0.6 is 0 Å². The highest BCUT2D eigenvalue weighted by molar-refractivity contribution is 5.95. The van der Waals surface area contributed by atoms with Crippen molar-refractivity contribution in [1.82, 2.24) is 14.8 Å². The first kappa shape index (κ1) is 19.9. The quantitative estimate of drug-likeness (QED) is 0.859. The molecule has 1 N–H and O–H groups in total. The molecule has 2 aliphatic rings. The summed E-state index contributed by atoms with van der Waals surface area (Å²) in [6.45, 7) is 0.850. The first-order chi connectivity index (χ1) is 14.2. The largest absolute Gasteiger partial charge is 0.373 e. The minimum atomic E-state index is 0.148. The number of hydrogen-bond acceptors (Lipinski definition) is 4. The SMILES string of the molecule is CNc1cc(C(=O)N2CCCCC[C@@H]3[C@@H]2C[C@@H](Cc2ccccc2)N3C)ccn1. The van der Waals surface area contributed by atoms with Crippen LogP contribution in [-0.4, -0.2) is 59.5 Å². The molecule has 0 saturated carbocycles. The van der Waals surface area contributed by atoms with Crippen LogP contribution in [-0.2, 0) is 6.42 Å². The fourth-order valence-electron chi connectivity index (χ4n) is 5.09. The Hall–Kier alpha value is -2.40. The van der Waals surface area contributed by atoms with Crippen molar-refractivity contribution >= 4 is 11.7 Å². The monoisotopic (exact) mass is 392 g/mol. The Morgan fingerprint density at radius 3 is 2.76 bits per heavy atom. The lowest BCUT2D eigenvalue weighted by molar-refractivity contribution is 0.0601. The van der Waals surface area contributed by atoms with E-state index >= 15 is 0 Å². The molecule has 0 aliphatic carbocycles. The van der Waals surface area contributed by atoms with Gasteiger partial charge < -0.3 is 10.2 Å². The van der Waals surface area contributed by atoms with Crippen molar-refractivity contribution in [3.8, 4) is 0 Å². The first-order valence-corrected chi connectivity index (χ1v) is 10.9. The van der Waals surface area contributed by atoms with Gasteiger partial charge in [-0.3, -0.25) is 9.69 Å². The van der Waals surface area contributed by atoms with Crippen LogP contribution in [0.3, 0.4) is 0 Å². The minimum Gasteiger partial charge on any atom is -0.373 e. The molecule has 4 rings (SSSR count). The number of amides is 1. The highest BCUT2D eigenvalue weighted by atomic mass is 16.2. The number of nitrogens with one attached hydrogen (secondary N) is 1. The van der Waals surface area contributed by atoms with E-state index in [1.165, 1.54) is 24.8 Å². The summed E-state index contributed by atoms with van der Waals surface area (Å²) in [6.07, 6.45) is 8.53. The molecular formula is C24H32N4O. The van der Waals surface area contributed by atoms with Crippen LogP contribution in [0.2, 0.25) is 0 Å². The highest BCUT2D eigenvalue weighted by Crippen LogP contribution is 2.34. The summed E-state index contributed by atoms with van der Waals surface area (Å²) in [7, 11) is 4.09. The van der Waals surface area contributed by atoms with Crippen molar-refractivity contribution in [2.75, 3.05) is 26.0 Å². The molecule has 5 heteroatoms. The van der Waals surface area contributed by atoms with E-state index < -0.39 is 0 Å². The lowest BCUT2D eigenvalue weighted by Crippen LogP contribution is -2.48. The first-order valence-electron chi connectivity index (χ1n) is 10.9. The Morgan fingerprint density at radius 1 is 1.14 bits per heavy atom. The predicted octanol–water partition coefficient (Wildman–Crippen LogP) is 3.82. The number of pyridine rings is 1. The second-order valence-corrected chi connectivity index (χ2v) is 8.41. The number of likely N-dealkylation sites (tertiary alicyclic amines) is 2. The summed E-state index contributed by atoms with van der Waals surface area (Å²) in [5.74, 6) is 0.888. The topological polar surface area (TPSA) is 48.5 Å². The maximum atomic E-state index is 13.5. The van der Waals surface area contributed by atoms with Crippen molar-refractivity contribution < 1.29 is 4.79 Å². The average molecular weight is 393 g/mol. The van der Waals surface area contributed by atoms with Gasteiger partial charge in [0.05, 0.1) is 0 Å². The summed E-state index contributed by atoms with van der Waals surface area (Å²) >= 11 is 0. The number of fused-ring (bicyclic) bond motifs is 1. The fourth-order valence-corrected chi connectivity index (χ4v) is 5.09. The molecule has 2 aromatic rings. The van der Waals surface area contributed by atoms with Gasteiger partial charge in [-0.05, 0) is 50.4 Å². The second-order valence-electron chi connectivity index (χ2n) is 8.41. The molecule has 1 amide bonds. The number of rotatable bonds is 4. The minimum absolute atomic E-state index is 0.148. The Kier molecular flexibility index (Phi) is 6.14. The summed E-state index contributed by atoms with van der Waals surface area (Å²) in [6, 6.07) is 15.7. The Bertz CT molecular complexity index is 825. The van der Waals surface area contributed by atoms with E-state index in [9.17, 15) is 4.79 Å². The summed E-state index contributed by atoms with van der Waals surface area (Å²) < 4.78 is 0. The van der Waals surface area contributed by atoms with E-state index in [4.69, 9.17) is 0 Å². The molecule has 0 radical (unpaired) electrons. The molecule has 0 unspecified atom stereocenters. The normalized spacial score (nSPS) is 25.2. The van der Waals surface area contributed by atoms with Crippen molar-refractivity contribution in [3.63, 3.8) is 0 Å². The molecule has 2 fully saturated rings. The van der Waals surface area contributed by atoms with Crippen LogP contribution in [0.4, 0.5) is 5.82 Å². The summed E-state index contributed by atoms with van der Waals surface area (Å²) in [5, 5.41) is 3.05. The van der Waals surface area contributed by atoms with Gasteiger partial charge in [-0.2, -0.15) is 0 Å². The molecule has 29 heavy (non-hydrogen) atoms. The third-order valence-corrected chi connectivity index (χ3v) is 6.69.